The van der Waals surface area contributed by atoms with E-state index >= 15 is 0 Å². The van der Waals surface area contributed by atoms with Crippen molar-refractivity contribution in [3.8, 4) is 11.1 Å². The summed E-state index contributed by atoms with van der Waals surface area (Å²) in [6.07, 6.45) is 4.63. The molecule has 140 valence electrons. The average Bonchev–Trinajstić information content (AvgIpc) is 2.59. The van der Waals surface area contributed by atoms with E-state index in [2.05, 4.69) is 11.9 Å². The molecule has 0 radical (unpaired) electrons. The zero-order valence-corrected chi connectivity index (χ0v) is 16.0. The summed E-state index contributed by atoms with van der Waals surface area (Å²) < 4.78 is 0. The highest BCUT2D eigenvalue weighted by atomic mass is 35.5. The quantitative estimate of drug-likeness (QED) is 0.486. The predicted molar refractivity (Wildman–Crippen MR) is 109 cm³/mol. The largest absolute Gasteiger partial charge is 0.478 e. The molecule has 6 heteroatoms. The normalized spacial score (nSPS) is 11.9. The number of carbonyl (C=O) groups is 2. The van der Waals surface area contributed by atoms with Crippen LogP contribution in [0.25, 0.3) is 11.1 Å². The Bertz CT molecular complexity index is 840. The molecule has 0 saturated carbocycles. The Labute approximate surface area is 168 Å². The van der Waals surface area contributed by atoms with Crippen LogP contribution >= 0.6 is 23.2 Å². The second-order valence-electron chi connectivity index (χ2n) is 5.92. The highest BCUT2D eigenvalue weighted by molar-refractivity contribution is 6.35. The summed E-state index contributed by atoms with van der Waals surface area (Å²) in [6.45, 7) is 3.53. The Hall–Kier alpha value is -2.56. The third-order valence-electron chi connectivity index (χ3n) is 3.75. The fourth-order valence-electron chi connectivity index (χ4n) is 2.57. The van der Waals surface area contributed by atoms with Crippen molar-refractivity contribution in [2.24, 2.45) is 0 Å². The maximum absolute atomic E-state index is 11.8. The van der Waals surface area contributed by atoms with Crippen LogP contribution in [0.15, 0.2) is 67.3 Å². The van der Waals surface area contributed by atoms with Crippen LogP contribution in [0.2, 0.25) is 10.0 Å². The second-order valence-corrected chi connectivity index (χ2v) is 6.80. The van der Waals surface area contributed by atoms with Crippen LogP contribution in [0.4, 0.5) is 0 Å². The number of nitrogens with one attached hydrogen (secondary N) is 1. The average molecular weight is 404 g/mol. The molecule has 0 aromatic heterocycles. The third-order valence-corrected chi connectivity index (χ3v) is 4.19. The predicted octanol–water partition coefficient (Wildman–Crippen LogP) is 4.90. The van der Waals surface area contributed by atoms with E-state index in [1.165, 1.54) is 12.2 Å². The van der Waals surface area contributed by atoms with E-state index in [1.807, 2.05) is 36.4 Å². The number of hydrogen-bond acceptors (Lipinski definition) is 2. The molecule has 0 aliphatic rings. The lowest BCUT2D eigenvalue weighted by Crippen LogP contribution is -2.34. The Morgan fingerprint density at radius 1 is 1.07 bits per heavy atom. The van der Waals surface area contributed by atoms with Gasteiger partial charge < -0.3 is 10.4 Å². The molecule has 1 amide bonds. The maximum Gasteiger partial charge on any atom is 0.328 e. The second kappa shape index (κ2) is 9.95. The molecular formula is C21H19Cl2NO3. The first-order chi connectivity index (χ1) is 12.9. The topological polar surface area (TPSA) is 66.4 Å². The lowest BCUT2D eigenvalue weighted by Gasteiger charge is -2.15. The van der Waals surface area contributed by atoms with Gasteiger partial charge in [0.1, 0.15) is 0 Å². The van der Waals surface area contributed by atoms with Crippen LogP contribution in [-0.2, 0) is 16.0 Å². The highest BCUT2D eigenvalue weighted by Crippen LogP contribution is 2.27. The third kappa shape index (κ3) is 6.93. The van der Waals surface area contributed by atoms with E-state index in [4.69, 9.17) is 28.3 Å². The standard InChI is InChI=1S/C21H19Cl2NO3/c1-2-3-20(25)24-19(8-9-21(26)27)10-14-4-6-15(7-5-14)16-11-17(22)13-18(23)12-16/h2,4-9,11-13,19H,1,3,10H2,(H,24,25)(H,26,27)/b9-8+/t19-/m1/s1. The molecular weight excluding hydrogens is 385 g/mol. The van der Waals surface area contributed by atoms with Gasteiger partial charge in [-0.2, -0.15) is 0 Å². The number of hydrogen-bond donors (Lipinski definition) is 2. The van der Waals surface area contributed by atoms with Gasteiger partial charge in [-0.1, -0.05) is 59.6 Å². The summed E-state index contributed by atoms with van der Waals surface area (Å²) in [5.41, 5.74) is 2.81. The fraction of sp³-hybridized carbons (Fsp3) is 0.143. The molecule has 0 fully saturated rings. The molecule has 2 N–H and O–H groups in total. The molecule has 1 atom stereocenters. The lowest BCUT2D eigenvalue weighted by molar-refractivity contribution is -0.131. The van der Waals surface area contributed by atoms with Gasteiger partial charge in [-0.3, -0.25) is 4.79 Å². The van der Waals surface area contributed by atoms with E-state index in [0.717, 1.165) is 22.8 Å². The minimum absolute atomic E-state index is 0.172. The van der Waals surface area contributed by atoms with Crippen LogP contribution in [0.5, 0.6) is 0 Å². The van der Waals surface area contributed by atoms with E-state index in [-0.39, 0.29) is 12.3 Å². The number of aliphatic carboxylic acids is 1. The number of carboxylic acid groups (broad SMARTS) is 1. The van der Waals surface area contributed by atoms with Crippen LogP contribution in [0, 0.1) is 0 Å². The lowest BCUT2D eigenvalue weighted by atomic mass is 10.00. The molecule has 0 bridgehead atoms. The number of rotatable bonds is 8. The number of carboxylic acids is 1. The summed E-state index contributed by atoms with van der Waals surface area (Å²) in [6, 6.07) is 12.6. The first-order valence-electron chi connectivity index (χ1n) is 8.24. The monoisotopic (exact) mass is 403 g/mol. The molecule has 0 heterocycles. The summed E-state index contributed by atoms with van der Waals surface area (Å²) in [4.78, 5) is 22.6. The van der Waals surface area contributed by atoms with Crippen molar-refractivity contribution >= 4 is 35.1 Å². The van der Waals surface area contributed by atoms with Crippen LogP contribution in [0.3, 0.4) is 0 Å². The van der Waals surface area contributed by atoms with Gasteiger partial charge in [0.25, 0.3) is 0 Å². The Kier molecular flexibility index (Phi) is 7.65. The van der Waals surface area contributed by atoms with Crippen molar-refractivity contribution in [2.45, 2.75) is 18.9 Å². The van der Waals surface area contributed by atoms with E-state index in [0.29, 0.717) is 16.5 Å². The zero-order valence-electron chi connectivity index (χ0n) is 14.5. The van der Waals surface area contributed by atoms with Crippen LogP contribution in [-0.4, -0.2) is 23.0 Å². The van der Waals surface area contributed by atoms with Crippen LogP contribution < -0.4 is 5.32 Å². The van der Waals surface area contributed by atoms with Crippen molar-refractivity contribution < 1.29 is 14.7 Å². The van der Waals surface area contributed by atoms with E-state index in [1.54, 1.807) is 6.07 Å². The molecule has 0 unspecified atom stereocenters. The first-order valence-corrected chi connectivity index (χ1v) is 9.00. The number of amides is 1. The van der Waals surface area contributed by atoms with Gasteiger partial charge in [-0.25, -0.2) is 4.79 Å². The van der Waals surface area contributed by atoms with Gasteiger partial charge in [-0.15, -0.1) is 6.58 Å². The highest BCUT2D eigenvalue weighted by Gasteiger charge is 2.10. The maximum atomic E-state index is 11.8. The van der Waals surface area contributed by atoms with Gasteiger partial charge in [-0.05, 0) is 41.3 Å². The molecule has 2 aromatic rings. The summed E-state index contributed by atoms with van der Waals surface area (Å²) in [5, 5.41) is 12.7. The molecule has 4 nitrogen and oxygen atoms in total. The van der Waals surface area contributed by atoms with Gasteiger partial charge in [0.05, 0.1) is 6.04 Å². The molecule has 2 rings (SSSR count). The molecule has 0 spiro atoms. The number of benzene rings is 2. The molecule has 0 aliphatic carbocycles. The molecule has 0 saturated heterocycles. The fourth-order valence-corrected chi connectivity index (χ4v) is 3.10. The summed E-state index contributed by atoms with van der Waals surface area (Å²) >= 11 is 12.1. The van der Waals surface area contributed by atoms with E-state index in [9.17, 15) is 9.59 Å². The molecule has 2 aromatic carbocycles. The van der Waals surface area contributed by atoms with Crippen molar-refractivity contribution in [1.82, 2.24) is 5.32 Å². The van der Waals surface area contributed by atoms with Crippen molar-refractivity contribution in [3.63, 3.8) is 0 Å². The SMILES string of the molecule is C=CCC(=O)N[C@H](/C=C/C(=O)O)Cc1ccc(-c2cc(Cl)cc(Cl)c2)cc1. The van der Waals surface area contributed by atoms with Crippen LogP contribution in [0.1, 0.15) is 12.0 Å². The van der Waals surface area contributed by atoms with Gasteiger partial charge in [0, 0.05) is 22.5 Å². The first kappa shape index (κ1) is 20.7. The Balaban J connectivity index is 2.16. The zero-order chi connectivity index (χ0) is 19.8. The molecule has 27 heavy (non-hydrogen) atoms. The number of halogens is 2. The number of carbonyl (C=O) groups excluding carboxylic acids is 1. The van der Waals surface area contributed by atoms with Gasteiger partial charge in [0.15, 0.2) is 0 Å². The summed E-state index contributed by atoms with van der Waals surface area (Å²) in [5.74, 6) is -1.28. The van der Waals surface area contributed by atoms with Crippen molar-refractivity contribution in [2.75, 3.05) is 0 Å². The van der Waals surface area contributed by atoms with Crippen molar-refractivity contribution in [3.05, 3.63) is 82.9 Å². The van der Waals surface area contributed by atoms with Gasteiger partial charge >= 0.3 is 5.97 Å². The smallest absolute Gasteiger partial charge is 0.328 e. The minimum Gasteiger partial charge on any atom is -0.478 e. The minimum atomic E-state index is -1.06. The van der Waals surface area contributed by atoms with E-state index < -0.39 is 12.0 Å². The Morgan fingerprint density at radius 3 is 2.26 bits per heavy atom. The molecule has 0 aliphatic heterocycles. The summed E-state index contributed by atoms with van der Waals surface area (Å²) in [7, 11) is 0. The van der Waals surface area contributed by atoms with Gasteiger partial charge in [0.2, 0.25) is 5.91 Å². The Morgan fingerprint density at radius 2 is 1.70 bits per heavy atom. The van der Waals surface area contributed by atoms with Crippen molar-refractivity contribution in [1.29, 1.82) is 0 Å².